The second kappa shape index (κ2) is 4.03. The molecule has 0 spiro atoms. The molecule has 1 aromatic heterocycles. The van der Waals surface area contributed by atoms with Crippen molar-refractivity contribution in [1.29, 1.82) is 0 Å². The number of nitrogens with zero attached hydrogens (tertiary/aromatic N) is 2. The van der Waals surface area contributed by atoms with Gasteiger partial charge < -0.3 is 15.6 Å². The fourth-order valence-corrected chi connectivity index (χ4v) is 1.41. The zero-order chi connectivity index (χ0) is 11.7. The first kappa shape index (κ1) is 10.8. The minimum atomic E-state index is -1.02. The van der Waals surface area contributed by atoms with Gasteiger partial charge in [-0.2, -0.15) is 4.98 Å². The highest BCUT2D eigenvalue weighted by molar-refractivity contribution is 5.24. The highest BCUT2D eigenvalue weighted by Crippen LogP contribution is 2.26. The number of ether oxygens (including phenoxy) is 1. The highest BCUT2D eigenvalue weighted by atomic mass is 19.1. The van der Waals surface area contributed by atoms with Crippen LogP contribution in [-0.4, -0.2) is 27.4 Å². The van der Waals surface area contributed by atoms with Crippen molar-refractivity contribution in [1.82, 2.24) is 9.55 Å². The van der Waals surface area contributed by atoms with Crippen LogP contribution in [0.4, 0.5) is 10.2 Å². The van der Waals surface area contributed by atoms with E-state index in [4.69, 9.17) is 15.6 Å². The lowest BCUT2D eigenvalue weighted by Gasteiger charge is -2.14. The number of hydrogen-bond acceptors (Lipinski definition) is 5. The Hall–Kier alpha value is -1.73. The lowest BCUT2D eigenvalue weighted by molar-refractivity contribution is -0.0198. The van der Waals surface area contributed by atoms with Gasteiger partial charge in [-0.15, -0.1) is 0 Å². The lowest BCUT2D eigenvalue weighted by atomic mass is 10.3. The maximum atomic E-state index is 13.2. The molecule has 86 valence electrons. The quantitative estimate of drug-likeness (QED) is 0.715. The van der Waals surface area contributed by atoms with Gasteiger partial charge in [-0.3, -0.25) is 4.57 Å². The molecule has 6 nitrogen and oxygen atoms in total. The summed E-state index contributed by atoms with van der Waals surface area (Å²) in [4.78, 5) is 14.9. The molecule has 0 radical (unpaired) electrons. The van der Waals surface area contributed by atoms with Gasteiger partial charge in [0.15, 0.2) is 6.23 Å². The molecule has 7 heteroatoms. The van der Waals surface area contributed by atoms with E-state index in [0.29, 0.717) is 0 Å². The average molecular weight is 227 g/mol. The largest absolute Gasteiger partial charge is 0.393 e. The van der Waals surface area contributed by atoms with Crippen LogP contribution in [0.15, 0.2) is 29.0 Å². The Morgan fingerprint density at radius 1 is 1.69 bits per heavy atom. The summed E-state index contributed by atoms with van der Waals surface area (Å²) in [5.41, 5.74) is 4.68. The van der Waals surface area contributed by atoms with E-state index in [2.05, 4.69) is 4.98 Å². The molecule has 0 saturated carbocycles. The molecule has 1 aliphatic rings. The summed E-state index contributed by atoms with van der Waals surface area (Å²) in [6.45, 7) is -0.476. The normalized spacial score (nSPS) is 24.5. The SMILES string of the molecule is Nc1ccn([C@@H]2C=C(F)[C@H](CO)O2)c(=O)n1. The summed E-state index contributed by atoms with van der Waals surface area (Å²) < 4.78 is 19.3. The molecule has 3 N–H and O–H groups in total. The first-order valence-electron chi connectivity index (χ1n) is 4.60. The number of halogens is 1. The zero-order valence-electron chi connectivity index (χ0n) is 8.21. The van der Waals surface area contributed by atoms with Crippen molar-refractivity contribution < 1.29 is 14.2 Å². The van der Waals surface area contributed by atoms with Crippen LogP contribution < -0.4 is 11.4 Å². The maximum Gasteiger partial charge on any atom is 0.351 e. The Labute approximate surface area is 89.8 Å². The van der Waals surface area contributed by atoms with Crippen LogP contribution in [0.1, 0.15) is 6.23 Å². The van der Waals surface area contributed by atoms with Crippen LogP contribution in [0.2, 0.25) is 0 Å². The van der Waals surface area contributed by atoms with Crippen molar-refractivity contribution in [3.8, 4) is 0 Å². The summed E-state index contributed by atoms with van der Waals surface area (Å²) in [5.74, 6) is -0.515. The Balaban J connectivity index is 2.31. The van der Waals surface area contributed by atoms with Gasteiger partial charge >= 0.3 is 5.69 Å². The molecule has 2 rings (SSSR count). The zero-order valence-corrected chi connectivity index (χ0v) is 8.21. The Kier molecular flexibility index (Phi) is 2.71. The lowest BCUT2D eigenvalue weighted by Crippen LogP contribution is -2.28. The van der Waals surface area contributed by atoms with E-state index < -0.39 is 30.5 Å². The molecule has 1 aromatic rings. The van der Waals surface area contributed by atoms with Crippen LogP contribution in [0.5, 0.6) is 0 Å². The third-order valence-corrected chi connectivity index (χ3v) is 2.20. The van der Waals surface area contributed by atoms with Crippen LogP contribution >= 0.6 is 0 Å². The van der Waals surface area contributed by atoms with E-state index in [1.165, 1.54) is 12.3 Å². The van der Waals surface area contributed by atoms with Crippen LogP contribution in [0, 0.1) is 0 Å². The van der Waals surface area contributed by atoms with Gasteiger partial charge in [-0.1, -0.05) is 0 Å². The highest BCUT2D eigenvalue weighted by Gasteiger charge is 2.28. The van der Waals surface area contributed by atoms with Crippen LogP contribution in [0.25, 0.3) is 0 Å². The van der Waals surface area contributed by atoms with Gasteiger partial charge in [0.2, 0.25) is 0 Å². The first-order chi connectivity index (χ1) is 7.61. The van der Waals surface area contributed by atoms with E-state index >= 15 is 0 Å². The second-order valence-electron chi connectivity index (χ2n) is 3.29. The summed E-state index contributed by atoms with van der Waals surface area (Å²) in [5, 5.41) is 8.79. The number of aliphatic hydroxyl groups excluding tert-OH is 1. The van der Waals surface area contributed by atoms with Crippen molar-refractivity contribution in [3.05, 3.63) is 34.7 Å². The molecule has 2 atom stereocenters. The average Bonchev–Trinajstić information content (AvgIpc) is 2.59. The number of anilines is 1. The van der Waals surface area contributed by atoms with Gasteiger partial charge in [0.25, 0.3) is 0 Å². The van der Waals surface area contributed by atoms with Gasteiger partial charge in [0.05, 0.1) is 6.61 Å². The number of hydrogen-bond donors (Lipinski definition) is 2. The van der Waals surface area contributed by atoms with E-state index in [9.17, 15) is 9.18 Å². The Morgan fingerprint density at radius 3 is 3.00 bits per heavy atom. The number of aliphatic hydroxyl groups is 1. The fourth-order valence-electron chi connectivity index (χ4n) is 1.41. The maximum absolute atomic E-state index is 13.2. The summed E-state index contributed by atoms with van der Waals surface area (Å²) >= 11 is 0. The minimum Gasteiger partial charge on any atom is -0.393 e. The molecule has 2 heterocycles. The van der Waals surface area contributed by atoms with E-state index in [1.807, 2.05) is 0 Å². The van der Waals surface area contributed by atoms with Crippen molar-refractivity contribution in [2.45, 2.75) is 12.3 Å². The predicted octanol–water partition coefficient (Wildman–Crippen LogP) is -0.431. The van der Waals surface area contributed by atoms with E-state index in [-0.39, 0.29) is 5.82 Å². The first-order valence-corrected chi connectivity index (χ1v) is 4.60. The minimum absolute atomic E-state index is 0.0856. The van der Waals surface area contributed by atoms with Crippen molar-refractivity contribution in [3.63, 3.8) is 0 Å². The molecular formula is C9H10FN3O3. The van der Waals surface area contributed by atoms with Gasteiger partial charge in [0.1, 0.15) is 17.7 Å². The van der Waals surface area contributed by atoms with Gasteiger partial charge in [0, 0.05) is 6.20 Å². The summed E-state index contributed by atoms with van der Waals surface area (Å²) in [6.07, 6.45) is 0.561. The standard InChI is InChI=1S/C9H10FN3O3/c10-5-3-8(16-6(5)4-14)13-2-1-7(11)12-9(13)15/h1-3,6,8,14H,4H2,(H2,11,12,15)/t6-,8-/m0/s1. The molecule has 0 unspecified atom stereocenters. The molecule has 0 amide bonds. The van der Waals surface area contributed by atoms with Crippen molar-refractivity contribution in [2.24, 2.45) is 0 Å². The number of rotatable bonds is 2. The van der Waals surface area contributed by atoms with Crippen LogP contribution in [-0.2, 0) is 4.74 Å². The molecule has 1 aliphatic heterocycles. The van der Waals surface area contributed by atoms with Gasteiger partial charge in [-0.25, -0.2) is 9.18 Å². The molecule has 0 aromatic carbocycles. The van der Waals surface area contributed by atoms with Gasteiger partial charge in [-0.05, 0) is 12.1 Å². The molecule has 0 fully saturated rings. The van der Waals surface area contributed by atoms with Crippen molar-refractivity contribution >= 4 is 5.82 Å². The monoisotopic (exact) mass is 227 g/mol. The molecule has 0 aliphatic carbocycles. The number of nitrogens with two attached hydrogens (primary N) is 1. The number of aromatic nitrogens is 2. The van der Waals surface area contributed by atoms with Crippen molar-refractivity contribution in [2.75, 3.05) is 12.3 Å². The number of nitrogen functional groups attached to an aromatic ring is 1. The second-order valence-corrected chi connectivity index (χ2v) is 3.29. The third-order valence-electron chi connectivity index (χ3n) is 2.20. The van der Waals surface area contributed by atoms with Crippen LogP contribution in [0.3, 0.4) is 0 Å². The molecule has 0 bridgehead atoms. The van der Waals surface area contributed by atoms with E-state index in [0.717, 1.165) is 10.6 Å². The van der Waals surface area contributed by atoms with E-state index in [1.54, 1.807) is 0 Å². The Bertz CT molecular complexity index is 485. The smallest absolute Gasteiger partial charge is 0.351 e. The molecular weight excluding hydrogens is 217 g/mol. The Morgan fingerprint density at radius 2 is 2.44 bits per heavy atom. The topological polar surface area (TPSA) is 90.4 Å². The summed E-state index contributed by atoms with van der Waals surface area (Å²) in [7, 11) is 0. The predicted molar refractivity (Wildman–Crippen MR) is 53.1 cm³/mol. The fraction of sp³-hybridized carbons (Fsp3) is 0.333. The third kappa shape index (κ3) is 1.82. The molecule has 0 saturated heterocycles. The summed E-state index contributed by atoms with van der Waals surface area (Å²) in [6, 6.07) is 1.41. The molecule has 16 heavy (non-hydrogen) atoms.